The largest absolute Gasteiger partial charge is 0.338 e. The summed E-state index contributed by atoms with van der Waals surface area (Å²) < 4.78 is 25.9. The fourth-order valence-electron chi connectivity index (χ4n) is 1.25. The molecular formula is C12H13F2NO. The van der Waals surface area contributed by atoms with Crippen LogP contribution in [0.1, 0.15) is 12.5 Å². The van der Waals surface area contributed by atoms with Gasteiger partial charge in [-0.3, -0.25) is 4.79 Å². The number of hydrogen-bond donors (Lipinski definition) is 0. The van der Waals surface area contributed by atoms with E-state index in [-0.39, 0.29) is 12.5 Å². The number of nitrogens with zero attached hydrogens (tertiary/aromatic N) is 1. The average molecular weight is 225 g/mol. The maximum absolute atomic E-state index is 13.3. The molecule has 0 radical (unpaired) electrons. The van der Waals surface area contributed by atoms with Crippen molar-refractivity contribution in [1.82, 2.24) is 4.90 Å². The quantitative estimate of drug-likeness (QED) is 0.724. The predicted molar refractivity (Wildman–Crippen MR) is 57.6 cm³/mol. The van der Waals surface area contributed by atoms with Crippen LogP contribution in [-0.4, -0.2) is 17.9 Å². The first kappa shape index (κ1) is 12.4. The summed E-state index contributed by atoms with van der Waals surface area (Å²) in [5.74, 6) is -1.48. The molecule has 0 aliphatic rings. The molecule has 2 nitrogen and oxygen atoms in total. The van der Waals surface area contributed by atoms with Gasteiger partial charge >= 0.3 is 0 Å². The predicted octanol–water partition coefficient (Wildman–Crippen LogP) is 2.50. The first-order valence-electron chi connectivity index (χ1n) is 4.86. The molecule has 0 N–H and O–H groups in total. The van der Waals surface area contributed by atoms with Gasteiger partial charge in [-0.2, -0.15) is 0 Å². The highest BCUT2D eigenvalue weighted by molar-refractivity contribution is 5.87. The molecule has 1 rings (SSSR count). The molecule has 0 aliphatic heterocycles. The van der Waals surface area contributed by atoms with E-state index in [1.54, 1.807) is 20.0 Å². The SMILES string of the molecule is CC=CC(=O)N(C)Cc1ccc(F)cc1F. The third kappa shape index (κ3) is 3.15. The summed E-state index contributed by atoms with van der Waals surface area (Å²) in [5, 5.41) is 0. The molecule has 16 heavy (non-hydrogen) atoms. The van der Waals surface area contributed by atoms with Crippen molar-refractivity contribution in [1.29, 1.82) is 0 Å². The Labute approximate surface area is 93.2 Å². The van der Waals surface area contributed by atoms with E-state index in [1.165, 1.54) is 23.1 Å². The summed E-state index contributed by atoms with van der Waals surface area (Å²) in [6.45, 7) is 1.85. The maximum Gasteiger partial charge on any atom is 0.246 e. The minimum Gasteiger partial charge on any atom is -0.338 e. The number of rotatable bonds is 3. The standard InChI is InChI=1S/C12H13F2NO/c1-3-4-12(16)15(2)8-9-5-6-10(13)7-11(9)14/h3-7H,8H2,1-2H3. The van der Waals surface area contributed by atoms with Gasteiger partial charge in [0.1, 0.15) is 11.6 Å². The lowest BCUT2D eigenvalue weighted by Crippen LogP contribution is -2.24. The van der Waals surface area contributed by atoms with Gasteiger partial charge in [0, 0.05) is 25.2 Å². The van der Waals surface area contributed by atoms with Gasteiger partial charge in [0.2, 0.25) is 5.91 Å². The van der Waals surface area contributed by atoms with Crippen molar-refractivity contribution in [3.05, 3.63) is 47.5 Å². The Bertz CT molecular complexity index is 415. The van der Waals surface area contributed by atoms with Crippen LogP contribution in [0.5, 0.6) is 0 Å². The highest BCUT2D eigenvalue weighted by atomic mass is 19.1. The Balaban J connectivity index is 2.77. The number of halogens is 2. The Hall–Kier alpha value is -1.71. The Morgan fingerprint density at radius 3 is 2.69 bits per heavy atom. The van der Waals surface area contributed by atoms with E-state index < -0.39 is 11.6 Å². The maximum atomic E-state index is 13.3. The lowest BCUT2D eigenvalue weighted by molar-refractivity contribution is -0.125. The zero-order valence-corrected chi connectivity index (χ0v) is 9.21. The molecule has 4 heteroatoms. The van der Waals surface area contributed by atoms with Gasteiger partial charge in [0.05, 0.1) is 0 Å². The van der Waals surface area contributed by atoms with E-state index in [0.717, 1.165) is 6.07 Å². The zero-order chi connectivity index (χ0) is 12.1. The van der Waals surface area contributed by atoms with Crippen molar-refractivity contribution in [3.8, 4) is 0 Å². The second-order valence-corrected chi connectivity index (χ2v) is 3.43. The molecule has 1 amide bonds. The number of benzene rings is 1. The summed E-state index contributed by atoms with van der Waals surface area (Å²) >= 11 is 0. The van der Waals surface area contributed by atoms with E-state index >= 15 is 0 Å². The van der Waals surface area contributed by atoms with Crippen LogP contribution in [0.3, 0.4) is 0 Å². The van der Waals surface area contributed by atoms with Gasteiger partial charge in [0.25, 0.3) is 0 Å². The van der Waals surface area contributed by atoms with Gasteiger partial charge < -0.3 is 4.90 Å². The first-order valence-corrected chi connectivity index (χ1v) is 4.86. The molecule has 0 unspecified atom stereocenters. The topological polar surface area (TPSA) is 20.3 Å². The van der Waals surface area contributed by atoms with E-state index in [4.69, 9.17) is 0 Å². The van der Waals surface area contributed by atoms with Crippen LogP contribution in [0.2, 0.25) is 0 Å². The molecule has 0 saturated carbocycles. The summed E-state index contributed by atoms with van der Waals surface area (Å²) in [6, 6.07) is 3.32. The second kappa shape index (κ2) is 5.39. The van der Waals surface area contributed by atoms with Crippen molar-refractivity contribution in [2.75, 3.05) is 7.05 Å². The monoisotopic (exact) mass is 225 g/mol. The van der Waals surface area contributed by atoms with Crippen LogP contribution in [0, 0.1) is 11.6 Å². The van der Waals surface area contributed by atoms with Crippen molar-refractivity contribution in [3.63, 3.8) is 0 Å². The van der Waals surface area contributed by atoms with Gasteiger partial charge in [0.15, 0.2) is 0 Å². The first-order chi connectivity index (χ1) is 7.54. The van der Waals surface area contributed by atoms with Gasteiger partial charge in [-0.15, -0.1) is 0 Å². The summed E-state index contributed by atoms with van der Waals surface area (Å²) in [4.78, 5) is 12.7. The van der Waals surface area contributed by atoms with Crippen molar-refractivity contribution in [2.45, 2.75) is 13.5 Å². The van der Waals surface area contributed by atoms with E-state index in [1.807, 2.05) is 0 Å². The van der Waals surface area contributed by atoms with E-state index in [9.17, 15) is 13.6 Å². The minimum absolute atomic E-state index is 0.120. The average Bonchev–Trinajstić information content (AvgIpc) is 2.22. The number of carbonyl (C=O) groups is 1. The molecule has 0 aliphatic carbocycles. The van der Waals surface area contributed by atoms with Crippen LogP contribution in [0.4, 0.5) is 8.78 Å². The van der Waals surface area contributed by atoms with Crippen LogP contribution in [0.15, 0.2) is 30.4 Å². The lowest BCUT2D eigenvalue weighted by atomic mass is 10.2. The molecule has 1 aromatic rings. The third-order valence-electron chi connectivity index (χ3n) is 2.11. The molecular weight excluding hydrogens is 212 g/mol. The second-order valence-electron chi connectivity index (χ2n) is 3.43. The Morgan fingerprint density at radius 2 is 2.12 bits per heavy atom. The molecule has 0 bridgehead atoms. The number of allylic oxidation sites excluding steroid dienone is 1. The number of amides is 1. The lowest BCUT2D eigenvalue weighted by Gasteiger charge is -2.15. The van der Waals surface area contributed by atoms with Crippen molar-refractivity contribution < 1.29 is 13.6 Å². The molecule has 86 valence electrons. The number of carbonyl (C=O) groups excluding carboxylic acids is 1. The highest BCUT2D eigenvalue weighted by Crippen LogP contribution is 2.11. The summed E-state index contributed by atoms with van der Waals surface area (Å²) in [5.41, 5.74) is 0.293. The van der Waals surface area contributed by atoms with Crippen LogP contribution in [-0.2, 0) is 11.3 Å². The molecule has 0 fully saturated rings. The smallest absolute Gasteiger partial charge is 0.246 e. The normalized spacial score (nSPS) is 10.8. The molecule has 0 atom stereocenters. The van der Waals surface area contributed by atoms with E-state index in [2.05, 4.69) is 0 Å². The van der Waals surface area contributed by atoms with Crippen molar-refractivity contribution in [2.24, 2.45) is 0 Å². The van der Waals surface area contributed by atoms with Gasteiger partial charge in [-0.1, -0.05) is 12.1 Å². The van der Waals surface area contributed by atoms with Gasteiger partial charge in [-0.05, 0) is 19.1 Å². The third-order valence-corrected chi connectivity index (χ3v) is 2.11. The van der Waals surface area contributed by atoms with Gasteiger partial charge in [-0.25, -0.2) is 8.78 Å². The van der Waals surface area contributed by atoms with Crippen LogP contribution < -0.4 is 0 Å². The molecule has 0 saturated heterocycles. The minimum atomic E-state index is -0.639. The van der Waals surface area contributed by atoms with Crippen LogP contribution >= 0.6 is 0 Å². The summed E-state index contributed by atoms with van der Waals surface area (Å²) in [7, 11) is 1.56. The molecule has 0 aromatic heterocycles. The number of hydrogen-bond acceptors (Lipinski definition) is 1. The molecule has 0 heterocycles. The Morgan fingerprint density at radius 1 is 1.44 bits per heavy atom. The fraction of sp³-hybridized carbons (Fsp3) is 0.250. The summed E-state index contributed by atoms with van der Waals surface area (Å²) in [6.07, 6.45) is 3.00. The van der Waals surface area contributed by atoms with Crippen molar-refractivity contribution >= 4 is 5.91 Å². The fourth-order valence-corrected chi connectivity index (χ4v) is 1.25. The highest BCUT2D eigenvalue weighted by Gasteiger charge is 2.09. The zero-order valence-electron chi connectivity index (χ0n) is 9.21. The number of likely N-dealkylation sites (N-methyl/N-ethyl adjacent to an activating group) is 1. The molecule has 0 spiro atoms. The molecule has 1 aromatic carbocycles. The van der Waals surface area contributed by atoms with E-state index in [0.29, 0.717) is 5.56 Å². The van der Waals surface area contributed by atoms with Crippen LogP contribution in [0.25, 0.3) is 0 Å². The Kier molecular flexibility index (Phi) is 4.17.